The maximum Gasteiger partial charge on any atom is 0.225 e. The van der Waals surface area contributed by atoms with Gasteiger partial charge in [0.05, 0.1) is 0 Å². The minimum Gasteiger partial charge on any atom is -0.489 e. The van der Waals surface area contributed by atoms with Gasteiger partial charge in [0.25, 0.3) is 0 Å². The van der Waals surface area contributed by atoms with E-state index >= 15 is 0 Å². The molecule has 0 bridgehead atoms. The van der Waals surface area contributed by atoms with Crippen LogP contribution in [0.3, 0.4) is 0 Å². The lowest BCUT2D eigenvalue weighted by molar-refractivity contribution is -0.119. The Balaban J connectivity index is 1.15. The molecule has 3 atom stereocenters. The van der Waals surface area contributed by atoms with E-state index < -0.39 is 0 Å². The number of carbonyl (C=O) groups excluding carboxylic acids is 2. The first-order chi connectivity index (χ1) is 16.5. The molecule has 1 aromatic heterocycles. The topological polar surface area (TPSA) is 77.5 Å². The number of nitrogens with one attached hydrogen (secondary N) is 1. The third kappa shape index (κ3) is 3.71. The largest absolute Gasteiger partial charge is 0.489 e. The first-order valence-electron chi connectivity index (χ1n) is 11.5. The molecular weight excluding hydrogens is 435 g/mol. The number of amides is 1. The molecule has 6 nitrogen and oxygen atoms in total. The number of anilines is 1. The average molecular weight is 458 g/mol. The van der Waals surface area contributed by atoms with Crippen LogP contribution in [0.1, 0.15) is 41.0 Å². The number of Topliss-reactive ketones (excluding diaryl/α,β-unsaturated/α-hetero) is 1. The first-order valence-corrected chi connectivity index (χ1v) is 11.5. The van der Waals surface area contributed by atoms with Crippen LogP contribution in [0.25, 0.3) is 0 Å². The molecule has 1 aliphatic carbocycles. The van der Waals surface area contributed by atoms with Crippen molar-refractivity contribution in [3.05, 3.63) is 76.7 Å². The quantitative estimate of drug-likeness (QED) is 0.570. The highest BCUT2D eigenvalue weighted by Gasteiger charge is 2.59. The van der Waals surface area contributed by atoms with Gasteiger partial charge in [-0.05, 0) is 49.2 Å². The summed E-state index contributed by atoms with van der Waals surface area (Å²) in [5.74, 6) is 2.60. The minimum atomic E-state index is -0.337. The molecule has 3 aromatic rings. The van der Waals surface area contributed by atoms with Crippen molar-refractivity contribution in [2.24, 2.45) is 5.92 Å². The molecule has 1 fully saturated rings. The number of aryl methyl sites for hydroxylation is 1. The molecule has 6 rings (SSSR count). The number of ether oxygens (including phenoxy) is 2. The maximum absolute atomic E-state index is 14.0. The number of ketones is 1. The molecule has 0 saturated heterocycles. The van der Waals surface area contributed by atoms with Crippen LogP contribution in [0.15, 0.2) is 48.7 Å². The molecule has 2 aromatic carbocycles. The second-order valence-electron chi connectivity index (χ2n) is 9.27. The fourth-order valence-electron chi connectivity index (χ4n) is 5.12. The van der Waals surface area contributed by atoms with E-state index in [2.05, 4.69) is 10.3 Å². The molecule has 0 unspecified atom stereocenters. The Labute approximate surface area is 196 Å². The number of aromatic nitrogens is 1. The number of hydrogen-bond donors (Lipinski definition) is 1. The van der Waals surface area contributed by atoms with Crippen LogP contribution < -0.4 is 14.8 Å². The Bertz CT molecular complexity index is 1340. The van der Waals surface area contributed by atoms with Crippen LogP contribution >= 0.6 is 0 Å². The van der Waals surface area contributed by atoms with E-state index in [4.69, 9.17) is 9.47 Å². The van der Waals surface area contributed by atoms with Crippen LogP contribution in [0.2, 0.25) is 0 Å². The highest BCUT2D eigenvalue weighted by Crippen LogP contribution is 2.60. The van der Waals surface area contributed by atoms with Gasteiger partial charge < -0.3 is 14.8 Å². The van der Waals surface area contributed by atoms with E-state index in [0.29, 0.717) is 42.1 Å². The molecule has 3 heterocycles. The summed E-state index contributed by atoms with van der Waals surface area (Å²) in [5, 5.41) is 2.78. The fourth-order valence-corrected chi connectivity index (χ4v) is 5.12. The lowest BCUT2D eigenvalue weighted by Gasteiger charge is -2.19. The molecule has 172 valence electrons. The zero-order valence-corrected chi connectivity index (χ0v) is 18.6. The van der Waals surface area contributed by atoms with E-state index in [1.54, 1.807) is 24.4 Å². The summed E-state index contributed by atoms with van der Waals surface area (Å²) in [6.07, 6.45) is 3.05. The Hall–Kier alpha value is -3.74. The summed E-state index contributed by atoms with van der Waals surface area (Å²) in [4.78, 5) is 28.5. The highest BCUT2D eigenvalue weighted by atomic mass is 19.1. The van der Waals surface area contributed by atoms with Gasteiger partial charge in [-0.3, -0.25) is 9.59 Å². The number of fused-ring (bicyclic) bond motifs is 4. The Morgan fingerprint density at radius 3 is 2.97 bits per heavy atom. The monoisotopic (exact) mass is 458 g/mol. The summed E-state index contributed by atoms with van der Waals surface area (Å²) in [7, 11) is 0. The van der Waals surface area contributed by atoms with Crippen LogP contribution in [-0.4, -0.2) is 22.8 Å². The summed E-state index contributed by atoms with van der Waals surface area (Å²) in [6, 6.07) is 12.4. The van der Waals surface area contributed by atoms with Gasteiger partial charge in [-0.2, -0.15) is 0 Å². The summed E-state index contributed by atoms with van der Waals surface area (Å²) < 4.78 is 26.3. The third-order valence-corrected chi connectivity index (χ3v) is 6.85. The van der Waals surface area contributed by atoms with Gasteiger partial charge >= 0.3 is 0 Å². The standard InChI is InChI=1S/C27H23FN2O4/c1-14-2-5-21(28)15(10-14)11-16(31)12-20-25-19-13-17(3-6-22(19)34-26(20)25)33-23-8-9-29-27-18(23)4-7-24(32)30-27/h2-3,5-6,8-10,13,20,25-26H,4,7,11-12H2,1H3,(H,29,30,32)/t20-,25-,26+/m0/s1. The van der Waals surface area contributed by atoms with Crippen molar-refractivity contribution in [2.75, 3.05) is 5.32 Å². The van der Waals surface area contributed by atoms with Crippen LogP contribution in [0.4, 0.5) is 10.2 Å². The zero-order valence-electron chi connectivity index (χ0n) is 18.6. The van der Waals surface area contributed by atoms with Crippen molar-refractivity contribution in [1.29, 1.82) is 0 Å². The van der Waals surface area contributed by atoms with Crippen molar-refractivity contribution in [1.82, 2.24) is 4.98 Å². The predicted molar refractivity (Wildman–Crippen MR) is 123 cm³/mol. The van der Waals surface area contributed by atoms with Crippen molar-refractivity contribution < 1.29 is 23.5 Å². The van der Waals surface area contributed by atoms with Crippen molar-refractivity contribution in [3.63, 3.8) is 0 Å². The van der Waals surface area contributed by atoms with E-state index in [1.807, 2.05) is 25.1 Å². The molecule has 34 heavy (non-hydrogen) atoms. The number of halogens is 1. The lowest BCUT2D eigenvalue weighted by atomic mass is 10.0. The van der Waals surface area contributed by atoms with Crippen molar-refractivity contribution >= 4 is 17.5 Å². The van der Waals surface area contributed by atoms with E-state index in [9.17, 15) is 14.0 Å². The second kappa shape index (κ2) is 7.94. The van der Waals surface area contributed by atoms with Gasteiger partial charge in [0.2, 0.25) is 5.91 Å². The summed E-state index contributed by atoms with van der Waals surface area (Å²) in [6.45, 7) is 1.89. The number of benzene rings is 2. The molecule has 1 N–H and O–H groups in total. The average Bonchev–Trinajstić information content (AvgIpc) is 3.32. The predicted octanol–water partition coefficient (Wildman–Crippen LogP) is 4.88. The second-order valence-corrected chi connectivity index (χ2v) is 9.27. The molecule has 0 spiro atoms. The van der Waals surface area contributed by atoms with E-state index in [-0.39, 0.29) is 41.9 Å². The molecule has 0 radical (unpaired) electrons. The SMILES string of the molecule is Cc1ccc(F)c(CC(=O)C[C@@H]2[C@H]3Oc4ccc(Oc5ccnc6c5CCC(=O)N6)cc4[C@@H]23)c1. The van der Waals surface area contributed by atoms with E-state index in [0.717, 1.165) is 22.4 Å². The molecule has 1 amide bonds. The Morgan fingerprint density at radius 2 is 2.09 bits per heavy atom. The molecule has 2 aliphatic heterocycles. The zero-order chi connectivity index (χ0) is 23.4. The highest BCUT2D eigenvalue weighted by molar-refractivity contribution is 5.93. The number of hydrogen-bond acceptors (Lipinski definition) is 5. The van der Waals surface area contributed by atoms with Crippen molar-refractivity contribution in [2.45, 2.75) is 44.6 Å². The Kier molecular flexibility index (Phi) is 4.86. The van der Waals surface area contributed by atoms with Crippen molar-refractivity contribution in [3.8, 4) is 17.2 Å². The van der Waals surface area contributed by atoms with Gasteiger partial charge in [0.15, 0.2) is 0 Å². The van der Waals surface area contributed by atoms with Gasteiger partial charge in [-0.1, -0.05) is 17.7 Å². The number of carbonyl (C=O) groups is 2. The number of nitrogens with zero attached hydrogens (tertiary/aromatic N) is 1. The normalized spacial score (nSPS) is 21.6. The molecule has 7 heteroatoms. The maximum atomic E-state index is 14.0. The van der Waals surface area contributed by atoms with E-state index in [1.165, 1.54) is 6.07 Å². The molecule has 3 aliphatic rings. The van der Waals surface area contributed by atoms with Crippen LogP contribution in [0, 0.1) is 18.7 Å². The van der Waals surface area contributed by atoms with Gasteiger partial charge in [-0.15, -0.1) is 0 Å². The number of rotatable bonds is 6. The van der Waals surface area contributed by atoms with Gasteiger partial charge in [0.1, 0.15) is 40.8 Å². The number of pyridine rings is 1. The minimum absolute atomic E-state index is 0.0135. The van der Waals surface area contributed by atoms with Crippen LogP contribution in [0.5, 0.6) is 17.2 Å². The smallest absolute Gasteiger partial charge is 0.225 e. The lowest BCUT2D eigenvalue weighted by Crippen LogP contribution is -2.20. The molecule has 1 saturated carbocycles. The Morgan fingerprint density at radius 1 is 1.21 bits per heavy atom. The summed E-state index contributed by atoms with van der Waals surface area (Å²) >= 11 is 0. The summed E-state index contributed by atoms with van der Waals surface area (Å²) in [5.41, 5.74) is 3.31. The fraction of sp³-hybridized carbons (Fsp3) is 0.296. The first kappa shape index (κ1) is 20.8. The van der Waals surface area contributed by atoms with Gasteiger partial charge in [0, 0.05) is 48.4 Å². The molecular formula is C27H23FN2O4. The van der Waals surface area contributed by atoms with Gasteiger partial charge in [-0.25, -0.2) is 9.37 Å². The van der Waals surface area contributed by atoms with Crippen LogP contribution in [-0.2, 0) is 22.4 Å². The third-order valence-electron chi connectivity index (χ3n) is 6.85.